The Bertz CT molecular complexity index is 96.2. The zero-order valence-electron chi connectivity index (χ0n) is 12.1. The van der Waals surface area contributed by atoms with Gasteiger partial charge in [-0.2, -0.15) is 0 Å². The van der Waals surface area contributed by atoms with Crippen LogP contribution in [-0.2, 0) is 0 Å². The van der Waals surface area contributed by atoms with E-state index in [1.54, 1.807) is 0 Å². The molecule has 0 bridgehead atoms. The third-order valence-electron chi connectivity index (χ3n) is 3.23. The molecule has 15 heavy (non-hydrogen) atoms. The van der Waals surface area contributed by atoms with Gasteiger partial charge in [-0.15, -0.1) is 0 Å². The Morgan fingerprint density at radius 1 is 0.667 bits per heavy atom. The first-order chi connectivity index (χ1) is 7.22. The van der Waals surface area contributed by atoms with Crippen LogP contribution in [0, 0.1) is 11.8 Å². The van der Waals surface area contributed by atoms with Crippen LogP contribution in [0.1, 0.15) is 86.5 Å². The zero-order valence-corrected chi connectivity index (χ0v) is 12.1. The molecule has 0 rings (SSSR count). The molecule has 94 valence electrons. The van der Waals surface area contributed by atoms with Crippen LogP contribution in [-0.4, -0.2) is 0 Å². The molecule has 0 aromatic heterocycles. The summed E-state index contributed by atoms with van der Waals surface area (Å²) in [6, 6.07) is 0. The lowest BCUT2D eigenvalue weighted by Gasteiger charge is -2.18. The lowest BCUT2D eigenvalue weighted by molar-refractivity contribution is 0.330. The van der Waals surface area contributed by atoms with Gasteiger partial charge in [-0.3, -0.25) is 0 Å². The Morgan fingerprint density at radius 2 is 1.20 bits per heavy atom. The summed E-state index contributed by atoms with van der Waals surface area (Å²) in [5.41, 5.74) is 0. The SMILES string of the molecule is CC.CCCCCCC(C)C(C)CCC. The van der Waals surface area contributed by atoms with E-state index in [0.29, 0.717) is 0 Å². The van der Waals surface area contributed by atoms with Crippen molar-refractivity contribution in [3.05, 3.63) is 0 Å². The minimum absolute atomic E-state index is 0.937. The fourth-order valence-corrected chi connectivity index (χ4v) is 1.92. The van der Waals surface area contributed by atoms with Crippen LogP contribution in [0.3, 0.4) is 0 Å². The Kier molecular flexibility index (Phi) is 16.2. The van der Waals surface area contributed by atoms with Gasteiger partial charge >= 0.3 is 0 Å². The summed E-state index contributed by atoms with van der Waals surface area (Å²) >= 11 is 0. The largest absolute Gasteiger partial charge is 0.0683 e. The van der Waals surface area contributed by atoms with E-state index in [0.717, 1.165) is 11.8 Å². The Hall–Kier alpha value is 0. The fraction of sp³-hybridized carbons (Fsp3) is 1.00. The van der Waals surface area contributed by atoms with Crippen LogP contribution in [0.25, 0.3) is 0 Å². The van der Waals surface area contributed by atoms with Crippen molar-refractivity contribution in [3.63, 3.8) is 0 Å². The molecule has 0 heteroatoms. The molecule has 0 aromatic carbocycles. The molecule has 2 atom stereocenters. The van der Waals surface area contributed by atoms with Crippen molar-refractivity contribution >= 4 is 0 Å². The molecular weight excluding hydrogens is 180 g/mol. The van der Waals surface area contributed by atoms with Crippen molar-refractivity contribution in [1.82, 2.24) is 0 Å². The van der Waals surface area contributed by atoms with Gasteiger partial charge < -0.3 is 0 Å². The Balaban J connectivity index is 0. The molecule has 0 nitrogen and oxygen atoms in total. The first kappa shape index (κ1) is 17.4. The van der Waals surface area contributed by atoms with Gasteiger partial charge in [0.25, 0.3) is 0 Å². The summed E-state index contributed by atoms with van der Waals surface area (Å²) in [5.74, 6) is 1.88. The summed E-state index contributed by atoms with van der Waals surface area (Å²) in [7, 11) is 0. The van der Waals surface area contributed by atoms with E-state index in [9.17, 15) is 0 Å². The molecule has 0 N–H and O–H groups in total. The maximum atomic E-state index is 2.42. The molecule has 0 aliphatic carbocycles. The molecule has 2 unspecified atom stereocenters. The van der Waals surface area contributed by atoms with Gasteiger partial charge in [0.2, 0.25) is 0 Å². The van der Waals surface area contributed by atoms with Gasteiger partial charge in [0.05, 0.1) is 0 Å². The van der Waals surface area contributed by atoms with Crippen LogP contribution >= 0.6 is 0 Å². The zero-order chi connectivity index (χ0) is 12.1. The van der Waals surface area contributed by atoms with E-state index in [4.69, 9.17) is 0 Å². The lowest BCUT2D eigenvalue weighted by Crippen LogP contribution is -2.07. The highest BCUT2D eigenvalue weighted by atomic mass is 14.2. The first-order valence-electron chi connectivity index (χ1n) is 7.22. The van der Waals surface area contributed by atoms with Crippen molar-refractivity contribution in [2.45, 2.75) is 86.5 Å². The number of hydrogen-bond acceptors (Lipinski definition) is 0. The third-order valence-corrected chi connectivity index (χ3v) is 3.23. The van der Waals surface area contributed by atoms with Gasteiger partial charge in [-0.25, -0.2) is 0 Å². The number of hydrogen-bond donors (Lipinski definition) is 0. The summed E-state index contributed by atoms with van der Waals surface area (Å²) in [6.07, 6.45) is 9.88. The molecule has 0 aromatic rings. The maximum absolute atomic E-state index is 2.42. The molecular formula is C15H34. The molecule has 0 spiro atoms. The average Bonchev–Trinajstić information content (AvgIpc) is 2.27. The summed E-state index contributed by atoms with van der Waals surface area (Å²) < 4.78 is 0. The monoisotopic (exact) mass is 214 g/mol. The van der Waals surface area contributed by atoms with Crippen molar-refractivity contribution in [2.24, 2.45) is 11.8 Å². The van der Waals surface area contributed by atoms with Crippen LogP contribution < -0.4 is 0 Å². The predicted molar refractivity (Wildman–Crippen MR) is 73.3 cm³/mol. The van der Waals surface area contributed by atoms with E-state index in [2.05, 4.69) is 27.7 Å². The molecule has 0 radical (unpaired) electrons. The second kappa shape index (κ2) is 14.0. The van der Waals surface area contributed by atoms with Crippen LogP contribution in [0.4, 0.5) is 0 Å². The Labute approximate surface area is 98.9 Å². The highest BCUT2D eigenvalue weighted by Crippen LogP contribution is 2.22. The van der Waals surface area contributed by atoms with Crippen LogP contribution in [0.2, 0.25) is 0 Å². The third kappa shape index (κ3) is 11.9. The predicted octanol–water partition coefficient (Wildman–Crippen LogP) is 6.06. The topological polar surface area (TPSA) is 0 Å². The van der Waals surface area contributed by atoms with Crippen molar-refractivity contribution < 1.29 is 0 Å². The summed E-state index contributed by atoms with van der Waals surface area (Å²) in [6.45, 7) is 13.4. The van der Waals surface area contributed by atoms with Crippen molar-refractivity contribution in [1.29, 1.82) is 0 Å². The highest BCUT2D eigenvalue weighted by molar-refractivity contribution is 4.61. The second-order valence-corrected chi connectivity index (χ2v) is 4.59. The van der Waals surface area contributed by atoms with Gasteiger partial charge in [0.1, 0.15) is 0 Å². The summed E-state index contributed by atoms with van der Waals surface area (Å²) in [5, 5.41) is 0. The van der Waals surface area contributed by atoms with E-state index in [1.165, 1.54) is 44.9 Å². The molecule has 0 heterocycles. The minimum Gasteiger partial charge on any atom is -0.0683 e. The fourth-order valence-electron chi connectivity index (χ4n) is 1.92. The molecule has 0 aliphatic heterocycles. The normalized spacial score (nSPS) is 14.0. The van der Waals surface area contributed by atoms with Gasteiger partial charge in [0.15, 0.2) is 0 Å². The van der Waals surface area contributed by atoms with Gasteiger partial charge in [-0.05, 0) is 11.8 Å². The molecule has 0 saturated heterocycles. The van der Waals surface area contributed by atoms with Gasteiger partial charge in [0, 0.05) is 0 Å². The van der Waals surface area contributed by atoms with E-state index in [-0.39, 0.29) is 0 Å². The molecule has 0 aliphatic rings. The average molecular weight is 214 g/mol. The van der Waals surface area contributed by atoms with Gasteiger partial charge in [-0.1, -0.05) is 86.5 Å². The van der Waals surface area contributed by atoms with E-state index >= 15 is 0 Å². The second-order valence-electron chi connectivity index (χ2n) is 4.59. The molecule has 0 amide bonds. The summed E-state index contributed by atoms with van der Waals surface area (Å²) in [4.78, 5) is 0. The van der Waals surface area contributed by atoms with Crippen molar-refractivity contribution in [2.75, 3.05) is 0 Å². The molecule has 0 saturated carbocycles. The minimum atomic E-state index is 0.937. The first-order valence-corrected chi connectivity index (χ1v) is 7.22. The number of unbranched alkanes of at least 4 members (excludes halogenated alkanes) is 3. The van der Waals surface area contributed by atoms with E-state index in [1.807, 2.05) is 13.8 Å². The van der Waals surface area contributed by atoms with E-state index < -0.39 is 0 Å². The Morgan fingerprint density at radius 3 is 1.67 bits per heavy atom. The van der Waals surface area contributed by atoms with Crippen LogP contribution in [0.15, 0.2) is 0 Å². The smallest absolute Gasteiger partial charge is 0.0417 e. The maximum Gasteiger partial charge on any atom is -0.0417 e. The lowest BCUT2D eigenvalue weighted by atomic mass is 9.88. The molecule has 0 fully saturated rings. The van der Waals surface area contributed by atoms with Crippen molar-refractivity contribution in [3.8, 4) is 0 Å². The standard InChI is InChI=1S/C13H28.C2H6/c1-5-7-8-9-11-13(4)12(3)10-6-2;1-2/h12-13H,5-11H2,1-4H3;1-2H3. The van der Waals surface area contributed by atoms with Crippen LogP contribution in [0.5, 0.6) is 0 Å². The number of rotatable bonds is 8. The highest BCUT2D eigenvalue weighted by Gasteiger charge is 2.10. The quantitative estimate of drug-likeness (QED) is 0.431.